The lowest BCUT2D eigenvalue weighted by Gasteiger charge is -2.21. The minimum Gasteiger partial charge on any atom is -0.481 e. The summed E-state index contributed by atoms with van der Waals surface area (Å²) in [6.07, 6.45) is 1.66. The van der Waals surface area contributed by atoms with Crippen molar-refractivity contribution in [1.82, 2.24) is 4.98 Å². The maximum absolute atomic E-state index is 10.7. The molecule has 0 bridgehead atoms. The van der Waals surface area contributed by atoms with Crippen molar-refractivity contribution in [2.24, 2.45) is 0 Å². The van der Waals surface area contributed by atoms with Gasteiger partial charge in [-0.2, -0.15) is 0 Å². The molecule has 0 aliphatic heterocycles. The molecule has 0 amide bonds. The summed E-state index contributed by atoms with van der Waals surface area (Å²) < 4.78 is 0. The van der Waals surface area contributed by atoms with Crippen molar-refractivity contribution in [3.05, 3.63) is 51.5 Å². The van der Waals surface area contributed by atoms with Crippen LogP contribution in [0.2, 0.25) is 0 Å². The second kappa shape index (κ2) is 6.80. The summed E-state index contributed by atoms with van der Waals surface area (Å²) in [7, 11) is 0. The van der Waals surface area contributed by atoms with E-state index in [2.05, 4.69) is 4.98 Å². The van der Waals surface area contributed by atoms with Gasteiger partial charge in [0.05, 0.1) is 11.3 Å². The number of nitro groups is 1. The first-order valence-electron chi connectivity index (χ1n) is 6.16. The molecule has 21 heavy (non-hydrogen) atoms. The molecule has 110 valence electrons. The van der Waals surface area contributed by atoms with E-state index in [0.717, 1.165) is 10.7 Å². The molecule has 0 fully saturated rings. The third-order valence-corrected chi connectivity index (χ3v) is 3.64. The van der Waals surface area contributed by atoms with Crippen molar-refractivity contribution in [3.63, 3.8) is 0 Å². The van der Waals surface area contributed by atoms with E-state index in [-0.39, 0.29) is 12.1 Å². The highest BCUT2D eigenvalue weighted by Crippen LogP contribution is 2.21. The zero-order valence-corrected chi connectivity index (χ0v) is 11.8. The number of thiazole rings is 1. The molecule has 0 saturated carbocycles. The molecule has 0 aliphatic rings. The van der Waals surface area contributed by atoms with Gasteiger partial charge in [-0.1, -0.05) is 12.1 Å². The quantitative estimate of drug-likeness (QED) is 0.623. The van der Waals surface area contributed by atoms with Crippen LogP contribution in [0.25, 0.3) is 0 Å². The molecule has 0 saturated heterocycles. The lowest BCUT2D eigenvalue weighted by Crippen LogP contribution is -2.25. The van der Waals surface area contributed by atoms with E-state index >= 15 is 0 Å². The van der Waals surface area contributed by atoms with Crippen molar-refractivity contribution < 1.29 is 14.8 Å². The average molecular weight is 307 g/mol. The fourth-order valence-corrected chi connectivity index (χ4v) is 2.46. The fourth-order valence-electron chi connectivity index (χ4n) is 1.79. The Hall–Kier alpha value is -2.48. The number of anilines is 1. The maximum Gasteiger partial charge on any atom is 0.305 e. The molecule has 0 atom stereocenters. The molecule has 0 unspecified atom stereocenters. The van der Waals surface area contributed by atoms with Crippen LogP contribution in [0.1, 0.15) is 12.0 Å². The first kappa shape index (κ1) is 14.9. The number of carboxylic acid groups (broad SMARTS) is 1. The molecular weight excluding hydrogens is 294 g/mol. The summed E-state index contributed by atoms with van der Waals surface area (Å²) in [5.74, 6) is -0.875. The van der Waals surface area contributed by atoms with Gasteiger partial charge in [-0.05, 0) is 5.56 Å². The van der Waals surface area contributed by atoms with Crippen LogP contribution in [-0.4, -0.2) is 27.5 Å². The zero-order valence-electron chi connectivity index (χ0n) is 11.0. The number of hydrogen-bond donors (Lipinski definition) is 1. The van der Waals surface area contributed by atoms with E-state index in [0.29, 0.717) is 13.1 Å². The third-order valence-electron chi connectivity index (χ3n) is 2.81. The molecule has 1 aromatic heterocycles. The molecule has 2 aromatic rings. The van der Waals surface area contributed by atoms with Crippen molar-refractivity contribution >= 4 is 28.1 Å². The van der Waals surface area contributed by atoms with Crippen molar-refractivity contribution in [2.75, 3.05) is 11.4 Å². The van der Waals surface area contributed by atoms with E-state index in [1.165, 1.54) is 23.5 Å². The largest absolute Gasteiger partial charge is 0.481 e. The number of benzene rings is 1. The Kier molecular flexibility index (Phi) is 4.83. The van der Waals surface area contributed by atoms with Crippen LogP contribution in [0.5, 0.6) is 0 Å². The number of rotatable bonds is 7. The van der Waals surface area contributed by atoms with Gasteiger partial charge in [0.25, 0.3) is 5.69 Å². The maximum atomic E-state index is 10.7. The SMILES string of the molecule is O=C(O)CCN(Cc1ccc([N+](=O)[O-])cc1)c1nccs1. The molecule has 0 radical (unpaired) electrons. The Labute approximate surface area is 124 Å². The van der Waals surface area contributed by atoms with Crippen LogP contribution < -0.4 is 4.90 Å². The lowest BCUT2D eigenvalue weighted by atomic mass is 10.2. The Morgan fingerprint density at radius 1 is 1.38 bits per heavy atom. The van der Waals surface area contributed by atoms with Gasteiger partial charge >= 0.3 is 5.97 Å². The van der Waals surface area contributed by atoms with E-state index in [1.807, 2.05) is 10.3 Å². The topological polar surface area (TPSA) is 96.6 Å². The lowest BCUT2D eigenvalue weighted by molar-refractivity contribution is -0.384. The molecule has 0 aliphatic carbocycles. The predicted molar refractivity (Wildman–Crippen MR) is 78.5 cm³/mol. The highest BCUT2D eigenvalue weighted by molar-refractivity contribution is 7.13. The average Bonchev–Trinajstić information content (AvgIpc) is 2.97. The third kappa shape index (κ3) is 4.25. The molecule has 0 spiro atoms. The Bertz CT molecular complexity index is 613. The first-order chi connectivity index (χ1) is 10.1. The standard InChI is InChI=1S/C13H13N3O4S/c17-12(18)5-7-15(13-14-6-8-21-13)9-10-1-3-11(4-2-10)16(19)20/h1-4,6,8H,5,7,9H2,(H,17,18). The van der Waals surface area contributed by atoms with Gasteiger partial charge in [-0.25, -0.2) is 4.98 Å². The summed E-state index contributed by atoms with van der Waals surface area (Å²) >= 11 is 1.42. The minimum atomic E-state index is -0.875. The molecule has 1 N–H and O–H groups in total. The van der Waals surface area contributed by atoms with Crippen LogP contribution in [0.15, 0.2) is 35.8 Å². The Balaban J connectivity index is 2.10. The Morgan fingerprint density at radius 3 is 2.62 bits per heavy atom. The fraction of sp³-hybridized carbons (Fsp3) is 0.231. The van der Waals surface area contributed by atoms with E-state index in [1.54, 1.807) is 18.3 Å². The smallest absolute Gasteiger partial charge is 0.305 e. The van der Waals surface area contributed by atoms with E-state index in [9.17, 15) is 14.9 Å². The number of nitrogens with zero attached hydrogens (tertiary/aromatic N) is 3. The Morgan fingerprint density at radius 2 is 2.10 bits per heavy atom. The van der Waals surface area contributed by atoms with Crippen LogP contribution in [0, 0.1) is 10.1 Å². The molecule has 1 aromatic carbocycles. The number of carboxylic acids is 1. The molecule has 7 nitrogen and oxygen atoms in total. The summed E-state index contributed by atoms with van der Waals surface area (Å²) in [5, 5.41) is 22.0. The number of non-ortho nitro benzene ring substituents is 1. The monoisotopic (exact) mass is 307 g/mol. The van der Waals surface area contributed by atoms with Gasteiger partial charge in [-0.3, -0.25) is 14.9 Å². The minimum absolute atomic E-state index is 0.00651. The van der Waals surface area contributed by atoms with Crippen LogP contribution in [0.4, 0.5) is 10.8 Å². The number of nitro benzene ring substituents is 1. The van der Waals surface area contributed by atoms with Crippen LogP contribution in [-0.2, 0) is 11.3 Å². The van der Waals surface area contributed by atoms with Crippen LogP contribution >= 0.6 is 11.3 Å². The highest BCUT2D eigenvalue weighted by atomic mass is 32.1. The molecule has 2 rings (SSSR count). The van der Waals surface area contributed by atoms with Gasteiger partial charge in [0.15, 0.2) is 5.13 Å². The van der Waals surface area contributed by atoms with Crippen molar-refractivity contribution in [1.29, 1.82) is 0 Å². The first-order valence-corrected chi connectivity index (χ1v) is 7.04. The van der Waals surface area contributed by atoms with Crippen molar-refractivity contribution in [3.8, 4) is 0 Å². The number of aliphatic carboxylic acids is 1. The second-order valence-corrected chi connectivity index (χ2v) is 5.18. The highest BCUT2D eigenvalue weighted by Gasteiger charge is 2.12. The van der Waals surface area contributed by atoms with Gasteiger partial charge in [-0.15, -0.1) is 11.3 Å². The van der Waals surface area contributed by atoms with E-state index < -0.39 is 10.9 Å². The summed E-state index contributed by atoms with van der Waals surface area (Å²) in [6.45, 7) is 0.790. The second-order valence-electron chi connectivity index (χ2n) is 4.30. The summed E-state index contributed by atoms with van der Waals surface area (Å²) in [5.41, 5.74) is 0.895. The van der Waals surface area contributed by atoms with Gasteiger partial charge < -0.3 is 10.0 Å². The zero-order chi connectivity index (χ0) is 15.2. The van der Waals surface area contributed by atoms with Crippen molar-refractivity contribution in [2.45, 2.75) is 13.0 Å². The van der Waals surface area contributed by atoms with Crippen LogP contribution in [0.3, 0.4) is 0 Å². The number of carbonyl (C=O) groups is 1. The van der Waals surface area contributed by atoms with E-state index in [4.69, 9.17) is 5.11 Å². The summed E-state index contributed by atoms with van der Waals surface area (Å²) in [6, 6.07) is 6.21. The molecular formula is C13H13N3O4S. The number of aromatic nitrogens is 1. The number of hydrogen-bond acceptors (Lipinski definition) is 6. The predicted octanol–water partition coefficient (Wildman–Crippen LogP) is 2.53. The van der Waals surface area contributed by atoms with Gasteiger partial charge in [0, 0.05) is 36.8 Å². The summed E-state index contributed by atoms with van der Waals surface area (Å²) in [4.78, 5) is 26.9. The van der Waals surface area contributed by atoms with Gasteiger partial charge in [0.2, 0.25) is 0 Å². The van der Waals surface area contributed by atoms with Gasteiger partial charge in [0.1, 0.15) is 0 Å². The molecule has 1 heterocycles. The molecule has 8 heteroatoms. The normalized spacial score (nSPS) is 10.3.